The third-order valence-corrected chi connectivity index (χ3v) is 3.72. The van der Waals surface area contributed by atoms with Crippen molar-refractivity contribution in [1.29, 1.82) is 0 Å². The number of benzene rings is 1. The first-order valence-corrected chi connectivity index (χ1v) is 5.73. The van der Waals surface area contributed by atoms with Crippen molar-refractivity contribution in [1.82, 2.24) is 5.01 Å². The average molecular weight is 256 g/mol. The number of halogens is 3. The van der Waals surface area contributed by atoms with Gasteiger partial charge < -0.3 is 0 Å². The highest BCUT2D eigenvalue weighted by Crippen LogP contribution is 2.51. The SMILES string of the molecule is CC1=NN(C)C(c2ccccc2)(C(F)(F)F)C1C. The van der Waals surface area contributed by atoms with Crippen molar-refractivity contribution < 1.29 is 13.2 Å². The van der Waals surface area contributed by atoms with E-state index in [0.29, 0.717) is 5.71 Å². The summed E-state index contributed by atoms with van der Waals surface area (Å²) in [6, 6.07) is 7.97. The molecular formula is C13H15F3N2. The molecule has 0 bridgehead atoms. The lowest BCUT2D eigenvalue weighted by Crippen LogP contribution is -2.54. The second-order valence-electron chi connectivity index (χ2n) is 4.62. The minimum atomic E-state index is -4.39. The van der Waals surface area contributed by atoms with Crippen LogP contribution in [-0.2, 0) is 5.54 Å². The molecule has 2 nitrogen and oxygen atoms in total. The highest BCUT2D eigenvalue weighted by Gasteiger charge is 2.65. The van der Waals surface area contributed by atoms with Crippen LogP contribution in [0.5, 0.6) is 0 Å². The first kappa shape index (κ1) is 12.9. The number of hydrogen-bond donors (Lipinski definition) is 0. The van der Waals surface area contributed by atoms with E-state index in [2.05, 4.69) is 5.10 Å². The standard InChI is InChI=1S/C13H15F3N2/c1-9-10(2)17-18(3)12(9,13(14,15)16)11-7-5-4-6-8-11/h4-9H,1-3H3. The molecule has 0 N–H and O–H groups in total. The predicted molar refractivity (Wildman–Crippen MR) is 64.2 cm³/mol. The van der Waals surface area contributed by atoms with Gasteiger partial charge in [-0.2, -0.15) is 18.3 Å². The molecule has 2 rings (SSSR count). The molecule has 1 aliphatic heterocycles. The van der Waals surface area contributed by atoms with E-state index >= 15 is 0 Å². The van der Waals surface area contributed by atoms with E-state index in [0.717, 1.165) is 5.01 Å². The van der Waals surface area contributed by atoms with Crippen LogP contribution in [0.2, 0.25) is 0 Å². The summed E-state index contributed by atoms with van der Waals surface area (Å²) in [6.07, 6.45) is -4.39. The van der Waals surface area contributed by atoms with Crippen LogP contribution in [0.4, 0.5) is 13.2 Å². The second kappa shape index (κ2) is 4.00. The fraction of sp³-hybridized carbons (Fsp3) is 0.462. The van der Waals surface area contributed by atoms with E-state index in [9.17, 15) is 13.2 Å². The molecule has 5 heteroatoms. The Morgan fingerprint density at radius 1 is 1.22 bits per heavy atom. The Kier molecular flexibility index (Phi) is 2.87. The van der Waals surface area contributed by atoms with Gasteiger partial charge in [0, 0.05) is 18.7 Å². The molecule has 0 spiro atoms. The third kappa shape index (κ3) is 1.53. The van der Waals surface area contributed by atoms with Crippen LogP contribution in [-0.4, -0.2) is 23.9 Å². The normalized spacial score (nSPS) is 28.4. The van der Waals surface area contributed by atoms with E-state index in [1.807, 2.05) is 0 Å². The highest BCUT2D eigenvalue weighted by molar-refractivity contribution is 5.87. The molecular weight excluding hydrogens is 241 g/mol. The van der Waals surface area contributed by atoms with Crippen molar-refractivity contribution in [2.75, 3.05) is 7.05 Å². The van der Waals surface area contributed by atoms with E-state index in [1.165, 1.54) is 19.2 Å². The van der Waals surface area contributed by atoms with Crippen molar-refractivity contribution in [2.45, 2.75) is 25.6 Å². The first-order chi connectivity index (χ1) is 8.31. The number of rotatable bonds is 1. The first-order valence-electron chi connectivity index (χ1n) is 5.73. The van der Waals surface area contributed by atoms with Gasteiger partial charge in [0.15, 0.2) is 5.54 Å². The lowest BCUT2D eigenvalue weighted by molar-refractivity contribution is -0.238. The van der Waals surface area contributed by atoms with Gasteiger partial charge in [-0.3, -0.25) is 5.01 Å². The van der Waals surface area contributed by atoms with Crippen LogP contribution in [0.1, 0.15) is 19.4 Å². The van der Waals surface area contributed by atoms with Gasteiger partial charge in [0.05, 0.1) is 0 Å². The number of nitrogens with zero attached hydrogens (tertiary/aromatic N) is 2. The summed E-state index contributed by atoms with van der Waals surface area (Å²) < 4.78 is 41.0. The minimum Gasteiger partial charge on any atom is -0.280 e. The Labute approximate surface area is 104 Å². The maximum Gasteiger partial charge on any atom is 0.418 e. The molecule has 0 aliphatic carbocycles. The van der Waals surface area contributed by atoms with Crippen LogP contribution < -0.4 is 0 Å². The summed E-state index contributed by atoms with van der Waals surface area (Å²) in [4.78, 5) is 0. The fourth-order valence-corrected chi connectivity index (χ4v) is 2.71. The third-order valence-electron chi connectivity index (χ3n) is 3.72. The van der Waals surface area contributed by atoms with Crippen LogP contribution in [0.3, 0.4) is 0 Å². The van der Waals surface area contributed by atoms with Crippen LogP contribution in [0.15, 0.2) is 35.4 Å². The zero-order valence-electron chi connectivity index (χ0n) is 10.5. The zero-order valence-corrected chi connectivity index (χ0v) is 10.5. The number of hydrogen-bond acceptors (Lipinski definition) is 2. The van der Waals surface area contributed by atoms with Gasteiger partial charge in [-0.25, -0.2) is 0 Å². The lowest BCUT2D eigenvalue weighted by atomic mass is 9.77. The van der Waals surface area contributed by atoms with Crippen molar-refractivity contribution in [3.8, 4) is 0 Å². The van der Waals surface area contributed by atoms with Crippen molar-refractivity contribution >= 4 is 5.71 Å². The molecule has 0 aromatic heterocycles. The van der Waals surface area contributed by atoms with Gasteiger partial charge >= 0.3 is 6.18 Å². The van der Waals surface area contributed by atoms with Gasteiger partial charge in [-0.05, 0) is 12.5 Å². The maximum atomic E-state index is 13.7. The number of alkyl halides is 3. The Morgan fingerprint density at radius 2 is 1.78 bits per heavy atom. The van der Waals surface area contributed by atoms with Crippen molar-refractivity contribution in [3.63, 3.8) is 0 Å². The van der Waals surface area contributed by atoms with Gasteiger partial charge in [0.2, 0.25) is 0 Å². The fourth-order valence-electron chi connectivity index (χ4n) is 2.71. The summed E-state index contributed by atoms with van der Waals surface area (Å²) in [7, 11) is 1.38. The van der Waals surface area contributed by atoms with Crippen LogP contribution >= 0.6 is 0 Å². The summed E-state index contributed by atoms with van der Waals surface area (Å²) in [6.45, 7) is 3.21. The molecule has 1 aromatic carbocycles. The molecule has 1 heterocycles. The molecule has 1 aromatic rings. The van der Waals surface area contributed by atoms with E-state index < -0.39 is 17.6 Å². The Hall–Kier alpha value is -1.52. The number of hydrazone groups is 1. The van der Waals surface area contributed by atoms with Gasteiger partial charge in [0.1, 0.15) is 0 Å². The Bertz CT molecular complexity index is 467. The molecule has 0 radical (unpaired) electrons. The van der Waals surface area contributed by atoms with Crippen LogP contribution in [0.25, 0.3) is 0 Å². The predicted octanol–water partition coefficient (Wildman–Crippen LogP) is 3.40. The zero-order chi connectivity index (χ0) is 13.6. The van der Waals surface area contributed by atoms with Crippen molar-refractivity contribution in [2.24, 2.45) is 11.0 Å². The highest BCUT2D eigenvalue weighted by atomic mass is 19.4. The Morgan fingerprint density at radius 3 is 2.17 bits per heavy atom. The maximum absolute atomic E-state index is 13.7. The molecule has 2 atom stereocenters. The molecule has 1 aliphatic rings. The van der Waals surface area contributed by atoms with E-state index in [1.54, 1.807) is 32.0 Å². The quantitative estimate of drug-likeness (QED) is 0.752. The minimum absolute atomic E-state index is 0.230. The van der Waals surface area contributed by atoms with Gasteiger partial charge in [-0.15, -0.1) is 0 Å². The lowest BCUT2D eigenvalue weighted by Gasteiger charge is -2.40. The summed E-state index contributed by atoms with van der Waals surface area (Å²) in [5.41, 5.74) is -1.33. The molecule has 0 amide bonds. The molecule has 98 valence electrons. The molecule has 0 saturated heterocycles. The molecule has 0 fully saturated rings. The second-order valence-corrected chi connectivity index (χ2v) is 4.62. The van der Waals surface area contributed by atoms with Crippen LogP contribution in [0, 0.1) is 5.92 Å². The monoisotopic (exact) mass is 256 g/mol. The van der Waals surface area contributed by atoms with E-state index in [-0.39, 0.29) is 5.56 Å². The van der Waals surface area contributed by atoms with Gasteiger partial charge in [-0.1, -0.05) is 37.3 Å². The molecule has 0 saturated carbocycles. The van der Waals surface area contributed by atoms with Gasteiger partial charge in [0.25, 0.3) is 0 Å². The van der Waals surface area contributed by atoms with E-state index in [4.69, 9.17) is 0 Å². The topological polar surface area (TPSA) is 15.6 Å². The largest absolute Gasteiger partial charge is 0.418 e. The average Bonchev–Trinajstić information content (AvgIpc) is 2.51. The summed E-state index contributed by atoms with van der Waals surface area (Å²) in [5.74, 6) is -0.704. The smallest absolute Gasteiger partial charge is 0.280 e. The Balaban J connectivity index is 2.65. The molecule has 18 heavy (non-hydrogen) atoms. The van der Waals surface area contributed by atoms with Crippen molar-refractivity contribution in [3.05, 3.63) is 35.9 Å². The summed E-state index contributed by atoms with van der Waals surface area (Å²) in [5, 5.41) is 5.04. The molecule has 2 unspecified atom stereocenters. The summed E-state index contributed by atoms with van der Waals surface area (Å²) >= 11 is 0.